The van der Waals surface area contributed by atoms with Crippen molar-refractivity contribution in [3.05, 3.63) is 101 Å². The van der Waals surface area contributed by atoms with E-state index in [4.69, 9.17) is 0 Å². The van der Waals surface area contributed by atoms with E-state index in [-0.39, 0.29) is 11.3 Å². The highest BCUT2D eigenvalue weighted by molar-refractivity contribution is 7.22. The van der Waals surface area contributed by atoms with Gasteiger partial charge in [0.1, 0.15) is 11.6 Å². The van der Waals surface area contributed by atoms with Gasteiger partial charge in [-0.3, -0.25) is 14.5 Å². The molecule has 158 valence electrons. The molecule has 32 heavy (non-hydrogen) atoms. The largest absolute Gasteiger partial charge is 0.507 e. The number of hydrogen-bond acceptors (Lipinski definition) is 5. The second kappa shape index (κ2) is 7.69. The Bertz CT molecular complexity index is 1380. The van der Waals surface area contributed by atoms with Crippen LogP contribution in [0, 0.1) is 12.7 Å². The molecule has 1 N–H and O–H groups in total. The lowest BCUT2D eigenvalue weighted by Gasteiger charge is -2.23. The van der Waals surface area contributed by atoms with Crippen LogP contribution in [0.2, 0.25) is 0 Å². The van der Waals surface area contributed by atoms with Gasteiger partial charge in [-0.1, -0.05) is 65.4 Å². The maximum absolute atomic E-state index is 14.1. The summed E-state index contributed by atoms with van der Waals surface area (Å²) in [4.78, 5) is 32.1. The van der Waals surface area contributed by atoms with Crippen LogP contribution in [0.25, 0.3) is 16.0 Å². The number of Topliss-reactive ketones (excluding diaryl/α,β-unsaturated/α-hetero) is 1. The van der Waals surface area contributed by atoms with E-state index in [1.54, 1.807) is 30.3 Å². The third kappa shape index (κ3) is 3.27. The number of halogens is 1. The smallest absolute Gasteiger partial charge is 0.301 e. The van der Waals surface area contributed by atoms with Gasteiger partial charge in [-0.25, -0.2) is 9.37 Å². The minimum absolute atomic E-state index is 0.0938. The van der Waals surface area contributed by atoms with Crippen LogP contribution >= 0.6 is 11.3 Å². The second-order valence-corrected chi connectivity index (χ2v) is 8.56. The molecule has 5 nitrogen and oxygen atoms in total. The molecule has 1 aromatic heterocycles. The number of carbonyl (C=O) groups excluding carboxylic acids is 2. The van der Waals surface area contributed by atoms with Crippen LogP contribution in [0.5, 0.6) is 0 Å². The number of para-hydroxylation sites is 1. The van der Waals surface area contributed by atoms with Crippen molar-refractivity contribution in [3.63, 3.8) is 0 Å². The summed E-state index contributed by atoms with van der Waals surface area (Å²) >= 11 is 1.26. The fraction of sp³-hybridized carbons (Fsp3) is 0.0800. The molecule has 1 aliphatic heterocycles. The number of hydrogen-bond donors (Lipinski definition) is 1. The lowest BCUT2D eigenvalue weighted by molar-refractivity contribution is -0.132. The monoisotopic (exact) mass is 444 g/mol. The van der Waals surface area contributed by atoms with E-state index < -0.39 is 23.5 Å². The summed E-state index contributed by atoms with van der Waals surface area (Å²) in [5, 5.41) is 11.4. The molecule has 1 fully saturated rings. The number of ketones is 1. The van der Waals surface area contributed by atoms with Gasteiger partial charge in [0.05, 0.1) is 21.8 Å². The van der Waals surface area contributed by atoms with E-state index in [9.17, 15) is 19.1 Å². The van der Waals surface area contributed by atoms with Crippen molar-refractivity contribution in [1.29, 1.82) is 0 Å². The number of benzene rings is 3. The predicted molar refractivity (Wildman–Crippen MR) is 122 cm³/mol. The molecule has 0 aliphatic carbocycles. The van der Waals surface area contributed by atoms with Crippen LogP contribution in [0.3, 0.4) is 0 Å². The minimum Gasteiger partial charge on any atom is -0.507 e. The third-order valence-corrected chi connectivity index (χ3v) is 6.46. The van der Waals surface area contributed by atoms with Crippen LogP contribution in [0.1, 0.15) is 22.7 Å². The van der Waals surface area contributed by atoms with E-state index in [1.165, 1.54) is 34.4 Å². The van der Waals surface area contributed by atoms with Gasteiger partial charge in [0.15, 0.2) is 5.13 Å². The fourth-order valence-corrected chi connectivity index (χ4v) is 4.84. The molecule has 0 radical (unpaired) electrons. The quantitative estimate of drug-likeness (QED) is 0.262. The van der Waals surface area contributed by atoms with Crippen LogP contribution < -0.4 is 4.90 Å². The van der Waals surface area contributed by atoms with Gasteiger partial charge in [0.2, 0.25) is 0 Å². The average Bonchev–Trinajstić information content (AvgIpc) is 3.32. The van der Waals surface area contributed by atoms with Crippen LogP contribution in [0.4, 0.5) is 9.52 Å². The summed E-state index contributed by atoms with van der Waals surface area (Å²) in [7, 11) is 0. The van der Waals surface area contributed by atoms with Gasteiger partial charge in [-0.2, -0.15) is 0 Å². The van der Waals surface area contributed by atoms with Gasteiger partial charge >= 0.3 is 5.91 Å². The Morgan fingerprint density at radius 2 is 1.78 bits per heavy atom. The highest BCUT2D eigenvalue weighted by Crippen LogP contribution is 2.44. The molecular weight excluding hydrogens is 427 g/mol. The molecule has 3 aromatic carbocycles. The number of nitrogens with zero attached hydrogens (tertiary/aromatic N) is 2. The predicted octanol–water partition coefficient (Wildman–Crippen LogP) is 5.37. The summed E-state index contributed by atoms with van der Waals surface area (Å²) in [6.45, 7) is 1.91. The number of thiazole rings is 1. The minimum atomic E-state index is -1.01. The summed E-state index contributed by atoms with van der Waals surface area (Å²) < 4.78 is 15.0. The van der Waals surface area contributed by atoms with Crippen LogP contribution in [-0.2, 0) is 9.59 Å². The number of amides is 1. The molecule has 0 unspecified atom stereocenters. The number of aliphatic hydroxyl groups excluding tert-OH is 1. The zero-order valence-electron chi connectivity index (χ0n) is 16.9. The molecule has 1 aliphatic rings. The number of aliphatic hydroxyl groups is 1. The summed E-state index contributed by atoms with van der Waals surface area (Å²) in [5.74, 6) is -2.46. The standard InChI is InChI=1S/C25H17FN2O3S/c1-14-9-11-15(12-10-14)22(29)20-21(16-5-4-6-17(26)13-16)28(24(31)23(20)30)25-27-18-7-2-3-8-19(18)32-25/h2-13,21,29H,1H3/t21-/m1/s1. The Labute approximate surface area is 187 Å². The van der Waals surface area contributed by atoms with Crippen molar-refractivity contribution < 1.29 is 19.1 Å². The maximum atomic E-state index is 14.1. The second-order valence-electron chi connectivity index (χ2n) is 7.55. The van der Waals surface area contributed by atoms with Gasteiger partial charge in [0, 0.05) is 5.56 Å². The molecule has 0 bridgehead atoms. The molecular formula is C25H17FN2O3S. The lowest BCUT2D eigenvalue weighted by atomic mass is 9.95. The zero-order valence-corrected chi connectivity index (χ0v) is 17.8. The summed E-state index contributed by atoms with van der Waals surface area (Å²) in [6.07, 6.45) is 0. The first kappa shape index (κ1) is 20.1. The van der Waals surface area contributed by atoms with Crippen molar-refractivity contribution in [1.82, 2.24) is 4.98 Å². The molecule has 0 saturated carbocycles. The van der Waals surface area contributed by atoms with E-state index in [1.807, 2.05) is 31.2 Å². The number of fused-ring (bicyclic) bond motifs is 1. The summed E-state index contributed by atoms with van der Waals surface area (Å²) in [5.41, 5.74) is 2.35. The Morgan fingerprint density at radius 3 is 2.50 bits per heavy atom. The fourth-order valence-electron chi connectivity index (χ4n) is 3.85. The molecule has 0 spiro atoms. The van der Waals surface area contributed by atoms with E-state index in [2.05, 4.69) is 4.98 Å². The Morgan fingerprint density at radius 1 is 1.03 bits per heavy atom. The Kier molecular flexibility index (Phi) is 4.83. The van der Waals surface area contributed by atoms with E-state index in [0.29, 0.717) is 21.8 Å². The number of carbonyl (C=O) groups is 2. The molecule has 5 rings (SSSR count). The van der Waals surface area contributed by atoms with Crippen molar-refractivity contribution in [2.24, 2.45) is 0 Å². The lowest BCUT2D eigenvalue weighted by Crippen LogP contribution is -2.29. The molecule has 4 aromatic rings. The van der Waals surface area contributed by atoms with Crippen molar-refractivity contribution >= 4 is 44.1 Å². The SMILES string of the molecule is Cc1ccc(C(O)=C2C(=O)C(=O)N(c3nc4ccccc4s3)[C@@H]2c2cccc(F)c2)cc1. The molecule has 1 amide bonds. The number of aryl methyl sites for hydroxylation is 1. The molecule has 1 saturated heterocycles. The first-order chi connectivity index (χ1) is 15.4. The third-order valence-electron chi connectivity index (χ3n) is 5.42. The van der Waals surface area contributed by atoms with Gasteiger partial charge < -0.3 is 5.11 Å². The summed E-state index contributed by atoms with van der Waals surface area (Å²) in [6, 6.07) is 19.0. The van der Waals surface area contributed by atoms with Gasteiger partial charge in [-0.05, 0) is 36.8 Å². The number of aromatic nitrogens is 1. The van der Waals surface area contributed by atoms with Crippen LogP contribution in [-0.4, -0.2) is 21.8 Å². The topological polar surface area (TPSA) is 70.5 Å². The van der Waals surface area contributed by atoms with Crippen molar-refractivity contribution in [3.8, 4) is 0 Å². The molecule has 7 heteroatoms. The van der Waals surface area contributed by atoms with E-state index in [0.717, 1.165) is 10.3 Å². The highest BCUT2D eigenvalue weighted by atomic mass is 32.1. The zero-order chi connectivity index (χ0) is 22.4. The number of rotatable bonds is 3. The van der Waals surface area contributed by atoms with Crippen LogP contribution in [0.15, 0.2) is 78.4 Å². The molecule has 1 atom stereocenters. The Balaban J connectivity index is 1.74. The van der Waals surface area contributed by atoms with Gasteiger partial charge in [0.25, 0.3) is 5.78 Å². The van der Waals surface area contributed by atoms with Crippen molar-refractivity contribution in [2.45, 2.75) is 13.0 Å². The normalized spacial score (nSPS) is 17.9. The molecule has 2 heterocycles. The van der Waals surface area contributed by atoms with Gasteiger partial charge in [-0.15, -0.1) is 0 Å². The highest BCUT2D eigenvalue weighted by Gasteiger charge is 2.48. The van der Waals surface area contributed by atoms with Crippen molar-refractivity contribution in [2.75, 3.05) is 4.90 Å². The average molecular weight is 444 g/mol. The first-order valence-corrected chi connectivity index (χ1v) is 10.7. The van der Waals surface area contributed by atoms with E-state index >= 15 is 0 Å². The Hall–Kier alpha value is -3.84. The maximum Gasteiger partial charge on any atom is 0.301 e. The first-order valence-electron chi connectivity index (χ1n) is 9.93. The number of anilines is 1.